The SMILES string of the molecule is Cc1ccc(NC(=O)CCNC(=O)c2cc(-c3c(C)nn(C)c3C)n[nH]2)c(Cl)c1. The summed E-state index contributed by atoms with van der Waals surface area (Å²) in [5.74, 6) is -0.563. The van der Waals surface area contributed by atoms with Gasteiger partial charge >= 0.3 is 0 Å². The lowest BCUT2D eigenvalue weighted by atomic mass is 10.1. The van der Waals surface area contributed by atoms with E-state index < -0.39 is 0 Å². The molecule has 3 N–H and O–H groups in total. The van der Waals surface area contributed by atoms with Crippen LogP contribution < -0.4 is 10.6 Å². The number of aromatic nitrogens is 4. The Hall–Kier alpha value is -3.13. The molecule has 2 amide bonds. The molecule has 152 valence electrons. The van der Waals surface area contributed by atoms with E-state index in [0.717, 1.165) is 22.5 Å². The normalized spacial score (nSPS) is 10.8. The van der Waals surface area contributed by atoms with Crippen molar-refractivity contribution in [1.82, 2.24) is 25.3 Å². The number of anilines is 1. The Labute approximate surface area is 173 Å². The van der Waals surface area contributed by atoms with Crippen LogP contribution in [0.4, 0.5) is 5.69 Å². The summed E-state index contributed by atoms with van der Waals surface area (Å²) < 4.78 is 1.78. The minimum Gasteiger partial charge on any atom is -0.350 e. The third-order valence-corrected chi connectivity index (χ3v) is 4.94. The van der Waals surface area contributed by atoms with Crippen LogP contribution >= 0.6 is 11.6 Å². The molecule has 0 saturated heterocycles. The molecule has 0 aliphatic carbocycles. The molecule has 0 fully saturated rings. The van der Waals surface area contributed by atoms with Crippen LogP contribution in [0.1, 0.15) is 33.9 Å². The van der Waals surface area contributed by atoms with Gasteiger partial charge in [-0.1, -0.05) is 17.7 Å². The number of aryl methyl sites for hydroxylation is 3. The number of benzene rings is 1. The summed E-state index contributed by atoms with van der Waals surface area (Å²) in [5, 5.41) is 17.3. The van der Waals surface area contributed by atoms with E-state index in [4.69, 9.17) is 11.6 Å². The topological polar surface area (TPSA) is 105 Å². The lowest BCUT2D eigenvalue weighted by molar-refractivity contribution is -0.116. The summed E-state index contributed by atoms with van der Waals surface area (Å²) in [4.78, 5) is 24.4. The summed E-state index contributed by atoms with van der Waals surface area (Å²) >= 11 is 6.11. The fourth-order valence-corrected chi connectivity index (χ4v) is 3.31. The van der Waals surface area contributed by atoms with E-state index in [-0.39, 0.29) is 24.8 Å². The lowest BCUT2D eigenvalue weighted by Gasteiger charge is -2.08. The molecule has 0 spiro atoms. The zero-order valence-electron chi connectivity index (χ0n) is 16.8. The second kappa shape index (κ2) is 8.48. The van der Waals surface area contributed by atoms with Gasteiger partial charge in [0.2, 0.25) is 5.91 Å². The number of carbonyl (C=O) groups is 2. The molecule has 0 bridgehead atoms. The second-order valence-electron chi connectivity index (χ2n) is 6.87. The van der Waals surface area contributed by atoms with Gasteiger partial charge in [-0.05, 0) is 44.5 Å². The molecule has 0 unspecified atom stereocenters. The second-order valence-corrected chi connectivity index (χ2v) is 7.28. The summed E-state index contributed by atoms with van der Waals surface area (Å²) in [7, 11) is 1.86. The molecule has 1 aromatic carbocycles. The fraction of sp³-hybridized carbons (Fsp3) is 0.300. The molecular formula is C20H23ClN6O2. The molecule has 0 radical (unpaired) electrons. The number of nitrogens with zero attached hydrogens (tertiary/aromatic N) is 3. The van der Waals surface area contributed by atoms with Crippen molar-refractivity contribution in [2.75, 3.05) is 11.9 Å². The zero-order valence-corrected chi connectivity index (χ0v) is 17.5. The van der Waals surface area contributed by atoms with E-state index in [9.17, 15) is 9.59 Å². The van der Waals surface area contributed by atoms with E-state index >= 15 is 0 Å². The van der Waals surface area contributed by atoms with Crippen molar-refractivity contribution in [3.63, 3.8) is 0 Å². The minimum absolute atomic E-state index is 0.123. The molecule has 0 atom stereocenters. The van der Waals surface area contributed by atoms with Gasteiger partial charge in [0.15, 0.2) is 0 Å². The van der Waals surface area contributed by atoms with Gasteiger partial charge in [0.05, 0.1) is 22.1 Å². The first-order valence-electron chi connectivity index (χ1n) is 9.16. The fourth-order valence-electron chi connectivity index (χ4n) is 3.03. The molecule has 0 aliphatic heterocycles. The van der Waals surface area contributed by atoms with Crippen molar-refractivity contribution >= 4 is 29.1 Å². The van der Waals surface area contributed by atoms with Crippen molar-refractivity contribution in [2.24, 2.45) is 7.05 Å². The van der Waals surface area contributed by atoms with Crippen molar-refractivity contribution in [3.8, 4) is 11.3 Å². The van der Waals surface area contributed by atoms with Crippen LogP contribution in [-0.4, -0.2) is 38.3 Å². The van der Waals surface area contributed by atoms with Crippen LogP contribution in [0.25, 0.3) is 11.3 Å². The molecule has 3 aromatic rings. The standard InChI is InChI=1S/C20H23ClN6O2/c1-11-5-6-15(14(21)9-11)23-18(28)7-8-22-20(29)17-10-16(24-25-17)19-12(2)26-27(4)13(19)3/h5-6,9-10H,7-8H2,1-4H3,(H,22,29)(H,23,28)(H,24,25). The number of aromatic amines is 1. The third-order valence-electron chi connectivity index (χ3n) is 4.62. The Kier molecular flexibility index (Phi) is 6.03. The van der Waals surface area contributed by atoms with Crippen molar-refractivity contribution in [2.45, 2.75) is 27.2 Å². The minimum atomic E-state index is -0.330. The number of carbonyl (C=O) groups excluding carboxylic acids is 2. The maximum atomic E-state index is 12.3. The number of halogens is 1. The summed E-state index contributed by atoms with van der Waals surface area (Å²) in [6.07, 6.45) is 0.123. The highest BCUT2D eigenvalue weighted by atomic mass is 35.5. The Morgan fingerprint density at radius 3 is 2.62 bits per heavy atom. The average Bonchev–Trinajstić information content (AvgIpc) is 3.22. The van der Waals surface area contributed by atoms with Gasteiger partial charge in [-0.15, -0.1) is 0 Å². The number of rotatable bonds is 6. The van der Waals surface area contributed by atoms with Crippen molar-refractivity contribution in [3.05, 3.63) is 51.9 Å². The van der Waals surface area contributed by atoms with Gasteiger partial charge in [-0.2, -0.15) is 10.2 Å². The molecule has 2 heterocycles. The molecule has 29 heavy (non-hydrogen) atoms. The quantitative estimate of drug-likeness (QED) is 0.576. The van der Waals surface area contributed by atoms with Crippen LogP contribution in [0.3, 0.4) is 0 Å². The third kappa shape index (κ3) is 4.65. The van der Waals surface area contributed by atoms with Gasteiger partial charge in [0, 0.05) is 31.3 Å². The molecule has 9 heteroatoms. The number of amides is 2. The van der Waals surface area contributed by atoms with E-state index in [1.807, 2.05) is 33.9 Å². The highest BCUT2D eigenvalue weighted by Gasteiger charge is 2.17. The Morgan fingerprint density at radius 1 is 1.21 bits per heavy atom. The first-order chi connectivity index (χ1) is 13.8. The summed E-state index contributed by atoms with van der Waals surface area (Å²) in [5.41, 5.74) is 5.25. The van der Waals surface area contributed by atoms with Gasteiger partial charge in [-0.3, -0.25) is 19.4 Å². The van der Waals surface area contributed by atoms with Crippen LogP contribution in [0, 0.1) is 20.8 Å². The van der Waals surface area contributed by atoms with Gasteiger partial charge in [-0.25, -0.2) is 0 Å². The molecule has 3 rings (SSSR count). The smallest absolute Gasteiger partial charge is 0.269 e. The molecule has 0 saturated carbocycles. The number of hydrogen-bond acceptors (Lipinski definition) is 4. The Bertz CT molecular complexity index is 1070. The summed E-state index contributed by atoms with van der Waals surface area (Å²) in [6, 6.07) is 7.08. The van der Waals surface area contributed by atoms with Crippen molar-refractivity contribution < 1.29 is 9.59 Å². The van der Waals surface area contributed by atoms with Crippen LogP contribution in [-0.2, 0) is 11.8 Å². The first-order valence-corrected chi connectivity index (χ1v) is 9.54. The van der Waals surface area contributed by atoms with Crippen molar-refractivity contribution in [1.29, 1.82) is 0 Å². The molecular weight excluding hydrogens is 392 g/mol. The van der Waals surface area contributed by atoms with E-state index in [1.165, 1.54) is 0 Å². The number of hydrogen-bond donors (Lipinski definition) is 3. The number of nitrogens with one attached hydrogen (secondary N) is 3. The van der Waals surface area contributed by atoms with E-state index in [1.54, 1.807) is 22.9 Å². The predicted molar refractivity (Wildman–Crippen MR) is 112 cm³/mol. The van der Waals surface area contributed by atoms with Crippen LogP contribution in [0.15, 0.2) is 24.3 Å². The van der Waals surface area contributed by atoms with E-state index in [0.29, 0.717) is 22.1 Å². The lowest BCUT2D eigenvalue weighted by Crippen LogP contribution is -2.28. The zero-order chi connectivity index (χ0) is 21.1. The first kappa shape index (κ1) is 20.6. The molecule has 2 aromatic heterocycles. The maximum Gasteiger partial charge on any atom is 0.269 e. The molecule has 0 aliphatic rings. The maximum absolute atomic E-state index is 12.3. The largest absolute Gasteiger partial charge is 0.350 e. The monoisotopic (exact) mass is 414 g/mol. The van der Waals surface area contributed by atoms with Crippen LogP contribution in [0.5, 0.6) is 0 Å². The highest BCUT2D eigenvalue weighted by Crippen LogP contribution is 2.25. The average molecular weight is 415 g/mol. The Balaban J connectivity index is 1.55. The molecule has 8 nitrogen and oxygen atoms in total. The van der Waals surface area contributed by atoms with Crippen LogP contribution in [0.2, 0.25) is 5.02 Å². The Morgan fingerprint density at radius 2 is 1.97 bits per heavy atom. The van der Waals surface area contributed by atoms with Gasteiger partial charge in [0.25, 0.3) is 5.91 Å². The van der Waals surface area contributed by atoms with E-state index in [2.05, 4.69) is 25.9 Å². The highest BCUT2D eigenvalue weighted by molar-refractivity contribution is 6.33. The van der Waals surface area contributed by atoms with Gasteiger partial charge < -0.3 is 10.6 Å². The summed E-state index contributed by atoms with van der Waals surface area (Å²) in [6.45, 7) is 5.95. The predicted octanol–water partition coefficient (Wildman–Crippen LogP) is 3.15. The van der Waals surface area contributed by atoms with Gasteiger partial charge in [0.1, 0.15) is 5.69 Å². The number of H-pyrrole nitrogens is 1.